The highest BCUT2D eigenvalue weighted by atomic mass is 16.2. The third-order valence-corrected chi connectivity index (χ3v) is 2.39. The Labute approximate surface area is 103 Å². The second-order valence-corrected chi connectivity index (χ2v) is 3.68. The van der Waals surface area contributed by atoms with Crippen LogP contribution >= 0.6 is 0 Å². The Bertz CT molecular complexity index is 523. The van der Waals surface area contributed by atoms with Gasteiger partial charge < -0.3 is 0 Å². The quantitative estimate of drug-likeness (QED) is 0.563. The van der Waals surface area contributed by atoms with Crippen molar-refractivity contribution in [3.05, 3.63) is 30.1 Å². The molecule has 1 aromatic rings. The number of nitrogens with zero attached hydrogens (tertiary/aromatic N) is 3. The molecule has 2 heterocycles. The summed E-state index contributed by atoms with van der Waals surface area (Å²) in [4.78, 5) is 26.7. The van der Waals surface area contributed by atoms with Gasteiger partial charge in [-0.2, -0.15) is 10.2 Å². The lowest BCUT2D eigenvalue weighted by molar-refractivity contribution is -0.122. The van der Waals surface area contributed by atoms with Crippen LogP contribution < -0.4 is 10.9 Å². The summed E-state index contributed by atoms with van der Waals surface area (Å²) in [6.07, 6.45) is 4.71. The largest absolute Gasteiger partial charge is 0.288 e. The second kappa shape index (κ2) is 5.17. The summed E-state index contributed by atoms with van der Waals surface area (Å²) in [6.45, 7) is 1.60. The van der Waals surface area contributed by atoms with E-state index in [4.69, 9.17) is 0 Å². The topological polar surface area (TPSA) is 95.8 Å². The molecule has 2 amide bonds. The summed E-state index contributed by atoms with van der Waals surface area (Å²) >= 11 is 0. The van der Waals surface area contributed by atoms with Gasteiger partial charge in [-0.3, -0.25) is 14.6 Å². The zero-order chi connectivity index (χ0) is 13.0. The van der Waals surface area contributed by atoms with Gasteiger partial charge in [0.15, 0.2) is 0 Å². The highest BCUT2D eigenvalue weighted by Crippen LogP contribution is 2.05. The predicted octanol–water partition coefficient (Wildman–Crippen LogP) is -0.346. The van der Waals surface area contributed by atoms with E-state index in [0.29, 0.717) is 0 Å². The van der Waals surface area contributed by atoms with Gasteiger partial charge in [0.2, 0.25) is 5.91 Å². The van der Waals surface area contributed by atoms with Crippen molar-refractivity contribution < 1.29 is 9.59 Å². The van der Waals surface area contributed by atoms with Crippen LogP contribution in [0.1, 0.15) is 12.5 Å². The van der Waals surface area contributed by atoms with E-state index < -0.39 is 11.8 Å². The van der Waals surface area contributed by atoms with E-state index in [2.05, 4.69) is 26.0 Å². The van der Waals surface area contributed by atoms with Gasteiger partial charge in [0.25, 0.3) is 5.91 Å². The van der Waals surface area contributed by atoms with Crippen LogP contribution in [0, 0.1) is 5.92 Å². The Kier molecular flexibility index (Phi) is 3.42. The fraction of sp³-hybridized carbons (Fsp3) is 0.182. The fourth-order valence-electron chi connectivity index (χ4n) is 1.36. The molecule has 1 aliphatic heterocycles. The van der Waals surface area contributed by atoms with Crippen LogP contribution in [0.2, 0.25) is 0 Å². The first-order chi connectivity index (χ1) is 8.68. The number of hydrogen-bond acceptors (Lipinski definition) is 5. The molecule has 0 aliphatic carbocycles. The Morgan fingerprint density at radius 3 is 3.06 bits per heavy atom. The molecule has 0 spiro atoms. The van der Waals surface area contributed by atoms with E-state index in [0.717, 1.165) is 5.56 Å². The van der Waals surface area contributed by atoms with Crippen LogP contribution in [0.25, 0.3) is 0 Å². The molecule has 0 fully saturated rings. The van der Waals surface area contributed by atoms with Gasteiger partial charge in [-0.05, 0) is 13.0 Å². The molecule has 0 saturated heterocycles. The summed E-state index contributed by atoms with van der Waals surface area (Å²) in [7, 11) is 0. The maximum Gasteiger partial charge on any atom is 0.288 e. The first-order valence-electron chi connectivity index (χ1n) is 5.29. The number of hydrazone groups is 2. The number of hydrogen-bond donors (Lipinski definition) is 2. The van der Waals surface area contributed by atoms with Crippen LogP contribution in [0.5, 0.6) is 0 Å². The second-order valence-electron chi connectivity index (χ2n) is 3.68. The fourth-order valence-corrected chi connectivity index (χ4v) is 1.36. The van der Waals surface area contributed by atoms with Crippen molar-refractivity contribution >= 4 is 23.7 Å². The van der Waals surface area contributed by atoms with Crippen LogP contribution in [0.15, 0.2) is 34.7 Å². The van der Waals surface area contributed by atoms with Gasteiger partial charge in [0.05, 0.1) is 12.1 Å². The summed E-state index contributed by atoms with van der Waals surface area (Å²) < 4.78 is 0. The molecule has 1 aromatic heterocycles. The number of carbonyl (C=O) groups is 2. The van der Waals surface area contributed by atoms with Gasteiger partial charge in [0, 0.05) is 18.0 Å². The lowest BCUT2D eigenvalue weighted by Crippen LogP contribution is -2.32. The maximum atomic E-state index is 11.6. The van der Waals surface area contributed by atoms with Crippen molar-refractivity contribution in [3.63, 3.8) is 0 Å². The molecule has 1 aliphatic rings. The molecule has 0 bridgehead atoms. The van der Waals surface area contributed by atoms with Gasteiger partial charge in [-0.15, -0.1) is 0 Å². The van der Waals surface area contributed by atoms with Crippen molar-refractivity contribution in [2.24, 2.45) is 16.1 Å². The number of amides is 2. The highest BCUT2D eigenvalue weighted by Gasteiger charge is 2.30. The van der Waals surface area contributed by atoms with Crippen molar-refractivity contribution in [1.29, 1.82) is 0 Å². The van der Waals surface area contributed by atoms with Crippen molar-refractivity contribution in [2.45, 2.75) is 6.92 Å². The first kappa shape index (κ1) is 11.9. The van der Waals surface area contributed by atoms with Crippen LogP contribution in [0.4, 0.5) is 0 Å². The van der Waals surface area contributed by atoms with E-state index in [1.807, 2.05) is 0 Å². The maximum absolute atomic E-state index is 11.6. The SMILES string of the molecule is CC1C(=O)NN=C1C(=O)N/N=C/c1cccnc1. The summed E-state index contributed by atoms with van der Waals surface area (Å²) in [5.74, 6) is -1.35. The Balaban J connectivity index is 1.93. The zero-order valence-corrected chi connectivity index (χ0v) is 9.62. The molecular formula is C11H11N5O2. The van der Waals surface area contributed by atoms with Gasteiger partial charge in [-0.25, -0.2) is 10.9 Å². The monoisotopic (exact) mass is 245 g/mol. The number of rotatable bonds is 3. The van der Waals surface area contributed by atoms with E-state index in [1.54, 1.807) is 31.5 Å². The van der Waals surface area contributed by atoms with Crippen LogP contribution in [0.3, 0.4) is 0 Å². The molecule has 0 aromatic carbocycles. The van der Waals surface area contributed by atoms with Crippen LogP contribution in [-0.2, 0) is 9.59 Å². The average Bonchev–Trinajstić information content (AvgIpc) is 2.71. The molecule has 0 radical (unpaired) electrons. The minimum Gasteiger partial charge on any atom is -0.272 e. The third kappa shape index (κ3) is 2.57. The molecule has 92 valence electrons. The van der Waals surface area contributed by atoms with Gasteiger partial charge in [0.1, 0.15) is 5.71 Å². The Hall–Kier alpha value is -2.57. The molecule has 7 nitrogen and oxygen atoms in total. The summed E-state index contributed by atoms with van der Waals surface area (Å²) in [6, 6.07) is 3.55. The normalized spacial score (nSPS) is 18.6. The Morgan fingerprint density at radius 2 is 2.44 bits per heavy atom. The minimum atomic E-state index is -0.557. The predicted molar refractivity (Wildman–Crippen MR) is 64.7 cm³/mol. The highest BCUT2D eigenvalue weighted by molar-refractivity contribution is 6.44. The summed E-state index contributed by atoms with van der Waals surface area (Å²) in [5.41, 5.74) is 5.42. The molecular weight excluding hydrogens is 234 g/mol. The Morgan fingerprint density at radius 1 is 1.61 bits per heavy atom. The van der Waals surface area contributed by atoms with E-state index in [-0.39, 0.29) is 11.6 Å². The number of carbonyl (C=O) groups excluding carboxylic acids is 2. The number of nitrogens with one attached hydrogen (secondary N) is 2. The lowest BCUT2D eigenvalue weighted by atomic mass is 10.1. The van der Waals surface area contributed by atoms with Crippen molar-refractivity contribution in [2.75, 3.05) is 0 Å². The van der Waals surface area contributed by atoms with Crippen molar-refractivity contribution in [1.82, 2.24) is 15.8 Å². The van der Waals surface area contributed by atoms with E-state index >= 15 is 0 Å². The molecule has 1 atom stereocenters. The standard InChI is InChI=1S/C11H11N5O2/c1-7-9(14-16-10(7)17)11(18)15-13-6-8-3-2-4-12-5-8/h2-7H,1H3,(H,15,18)(H,16,17)/b13-6+. The number of pyridine rings is 1. The summed E-state index contributed by atoms with van der Waals surface area (Å²) in [5, 5.41) is 7.40. The van der Waals surface area contributed by atoms with Crippen molar-refractivity contribution in [3.8, 4) is 0 Å². The minimum absolute atomic E-state index is 0.128. The van der Waals surface area contributed by atoms with E-state index in [9.17, 15) is 9.59 Å². The number of aromatic nitrogens is 1. The molecule has 2 N–H and O–H groups in total. The van der Waals surface area contributed by atoms with Gasteiger partial charge in [-0.1, -0.05) is 6.07 Å². The smallest absolute Gasteiger partial charge is 0.272 e. The molecule has 18 heavy (non-hydrogen) atoms. The zero-order valence-electron chi connectivity index (χ0n) is 9.62. The van der Waals surface area contributed by atoms with Crippen LogP contribution in [-0.4, -0.2) is 28.7 Å². The van der Waals surface area contributed by atoms with E-state index in [1.165, 1.54) is 6.21 Å². The average molecular weight is 245 g/mol. The van der Waals surface area contributed by atoms with Gasteiger partial charge >= 0.3 is 0 Å². The first-order valence-corrected chi connectivity index (χ1v) is 5.29. The molecule has 7 heteroatoms. The lowest BCUT2D eigenvalue weighted by Gasteiger charge is -2.01. The molecule has 0 saturated carbocycles. The molecule has 1 unspecified atom stereocenters. The third-order valence-electron chi connectivity index (χ3n) is 2.39. The molecule has 2 rings (SSSR count).